The van der Waals surface area contributed by atoms with Gasteiger partial charge in [0, 0.05) is 30.3 Å². The molecule has 7 nitrogen and oxygen atoms in total. The summed E-state index contributed by atoms with van der Waals surface area (Å²) < 4.78 is 11.1. The maximum absolute atomic E-state index is 12.9. The summed E-state index contributed by atoms with van der Waals surface area (Å²) in [7, 11) is 0. The molecule has 0 atom stereocenters. The van der Waals surface area contributed by atoms with E-state index in [0.29, 0.717) is 56.2 Å². The standard InChI is InChI=1S/C25H28N2O5S/c1-17-2-5-20(6-3-17)26-23(28)15-33-16-24(29)27-10-8-18(9-11-27)25(30)19-4-7-21-22(14-19)32-13-12-31-21/h2-7,14,18H,8-13,15-16H2,1H3,(H,26,28). The number of anilines is 1. The predicted octanol–water partition coefficient (Wildman–Crippen LogP) is 3.56. The van der Waals surface area contributed by atoms with E-state index in [1.54, 1.807) is 23.1 Å². The lowest BCUT2D eigenvalue weighted by Crippen LogP contribution is -2.41. The zero-order chi connectivity index (χ0) is 23.2. The van der Waals surface area contributed by atoms with Crippen molar-refractivity contribution in [1.82, 2.24) is 4.90 Å². The Balaban J connectivity index is 1.19. The molecule has 2 aliphatic heterocycles. The molecule has 0 spiro atoms. The summed E-state index contributed by atoms with van der Waals surface area (Å²) in [5.41, 5.74) is 2.51. The molecule has 0 saturated carbocycles. The Morgan fingerprint density at radius 1 is 0.970 bits per heavy atom. The number of thioether (sulfide) groups is 1. The molecule has 8 heteroatoms. The summed E-state index contributed by atoms with van der Waals surface area (Å²) in [6, 6.07) is 12.9. The van der Waals surface area contributed by atoms with Crippen LogP contribution in [0.1, 0.15) is 28.8 Å². The molecule has 2 amide bonds. The number of nitrogens with one attached hydrogen (secondary N) is 1. The summed E-state index contributed by atoms with van der Waals surface area (Å²) in [4.78, 5) is 39.3. The van der Waals surface area contributed by atoms with Crippen LogP contribution in [0, 0.1) is 12.8 Å². The van der Waals surface area contributed by atoms with Crippen LogP contribution >= 0.6 is 11.8 Å². The first-order valence-electron chi connectivity index (χ1n) is 11.2. The number of carbonyl (C=O) groups is 3. The maximum Gasteiger partial charge on any atom is 0.234 e. The van der Waals surface area contributed by atoms with Crippen LogP contribution in [0.2, 0.25) is 0 Å². The molecule has 0 unspecified atom stereocenters. The Morgan fingerprint density at radius 3 is 2.39 bits per heavy atom. The molecule has 2 aromatic rings. The van der Waals surface area contributed by atoms with E-state index in [4.69, 9.17) is 9.47 Å². The van der Waals surface area contributed by atoms with Crippen molar-refractivity contribution in [3.8, 4) is 11.5 Å². The number of fused-ring (bicyclic) bond motifs is 1. The Labute approximate surface area is 197 Å². The molecule has 0 aromatic heterocycles. The molecular weight excluding hydrogens is 440 g/mol. The SMILES string of the molecule is Cc1ccc(NC(=O)CSCC(=O)N2CCC(C(=O)c3ccc4c(c3)OCCO4)CC2)cc1. The molecule has 1 N–H and O–H groups in total. The number of piperidine rings is 1. The highest BCUT2D eigenvalue weighted by Gasteiger charge is 2.28. The van der Waals surface area contributed by atoms with Gasteiger partial charge in [-0.25, -0.2) is 0 Å². The summed E-state index contributed by atoms with van der Waals surface area (Å²) >= 11 is 1.31. The first-order valence-corrected chi connectivity index (χ1v) is 12.3. The number of carbonyl (C=O) groups excluding carboxylic acids is 3. The first-order chi connectivity index (χ1) is 16.0. The third kappa shape index (κ3) is 6.07. The minimum atomic E-state index is -0.125. The van der Waals surface area contributed by atoms with Crippen molar-refractivity contribution in [2.24, 2.45) is 5.92 Å². The zero-order valence-corrected chi connectivity index (χ0v) is 19.5. The van der Waals surface area contributed by atoms with Crippen LogP contribution in [0.15, 0.2) is 42.5 Å². The normalized spacial score (nSPS) is 15.7. The summed E-state index contributed by atoms with van der Waals surface area (Å²) in [5, 5.41) is 2.84. The molecule has 174 valence electrons. The van der Waals surface area contributed by atoms with Crippen LogP contribution in [0.4, 0.5) is 5.69 Å². The van der Waals surface area contributed by atoms with Crippen LogP contribution in [0.3, 0.4) is 0 Å². The predicted molar refractivity (Wildman–Crippen MR) is 128 cm³/mol. The summed E-state index contributed by atoms with van der Waals surface area (Å²) in [6.07, 6.45) is 1.27. The van der Waals surface area contributed by atoms with E-state index in [1.165, 1.54) is 11.8 Å². The van der Waals surface area contributed by atoms with Crippen LogP contribution in [-0.4, -0.2) is 60.3 Å². The number of benzene rings is 2. The van der Waals surface area contributed by atoms with Gasteiger partial charge in [0.15, 0.2) is 17.3 Å². The van der Waals surface area contributed by atoms with Gasteiger partial charge in [0.25, 0.3) is 0 Å². The average Bonchev–Trinajstić information content (AvgIpc) is 2.84. The van der Waals surface area contributed by atoms with Gasteiger partial charge >= 0.3 is 0 Å². The maximum atomic E-state index is 12.9. The fraction of sp³-hybridized carbons (Fsp3) is 0.400. The number of rotatable bonds is 7. The number of aryl methyl sites for hydroxylation is 1. The lowest BCUT2D eigenvalue weighted by molar-refractivity contribution is -0.129. The van der Waals surface area contributed by atoms with Gasteiger partial charge in [-0.05, 0) is 50.1 Å². The van der Waals surface area contributed by atoms with Gasteiger partial charge in [0.1, 0.15) is 13.2 Å². The molecular formula is C25H28N2O5S. The average molecular weight is 469 g/mol. The second-order valence-corrected chi connectivity index (χ2v) is 9.27. The van der Waals surface area contributed by atoms with E-state index >= 15 is 0 Å². The largest absolute Gasteiger partial charge is 0.486 e. The molecule has 1 saturated heterocycles. The Kier molecular flexibility index (Phi) is 7.54. The van der Waals surface area contributed by atoms with Crippen molar-refractivity contribution in [3.05, 3.63) is 53.6 Å². The van der Waals surface area contributed by atoms with Crippen LogP contribution in [0.25, 0.3) is 0 Å². The number of ketones is 1. The first kappa shape index (κ1) is 23.2. The van der Waals surface area contributed by atoms with Gasteiger partial charge in [-0.1, -0.05) is 17.7 Å². The van der Waals surface area contributed by atoms with Crippen LogP contribution < -0.4 is 14.8 Å². The molecule has 2 aliphatic rings. The summed E-state index contributed by atoms with van der Waals surface area (Å²) in [5.74, 6) is 1.62. The number of Topliss-reactive ketones (excluding diaryl/α,β-unsaturated/α-hetero) is 1. The van der Waals surface area contributed by atoms with E-state index < -0.39 is 0 Å². The van der Waals surface area contributed by atoms with Gasteiger partial charge in [-0.2, -0.15) is 0 Å². The Hall–Kier alpha value is -3.00. The minimum absolute atomic E-state index is 0.00774. The molecule has 1 fully saturated rings. The highest BCUT2D eigenvalue weighted by atomic mass is 32.2. The third-order valence-electron chi connectivity index (χ3n) is 5.84. The van der Waals surface area contributed by atoms with Crippen molar-refractivity contribution in [2.75, 3.05) is 43.1 Å². The minimum Gasteiger partial charge on any atom is -0.486 e. The second kappa shape index (κ2) is 10.7. The Bertz CT molecular complexity index is 1020. The second-order valence-electron chi connectivity index (χ2n) is 8.28. The molecule has 0 aliphatic carbocycles. The molecule has 2 heterocycles. The van der Waals surface area contributed by atoms with Crippen LogP contribution in [0.5, 0.6) is 11.5 Å². The van der Waals surface area contributed by atoms with Crippen molar-refractivity contribution in [2.45, 2.75) is 19.8 Å². The number of amides is 2. The molecule has 4 rings (SSSR count). The molecule has 2 aromatic carbocycles. The highest BCUT2D eigenvalue weighted by Crippen LogP contribution is 2.32. The number of ether oxygens (including phenoxy) is 2. The zero-order valence-electron chi connectivity index (χ0n) is 18.7. The van der Waals surface area contributed by atoms with Crippen molar-refractivity contribution in [3.63, 3.8) is 0 Å². The van der Waals surface area contributed by atoms with Gasteiger partial charge in [0.05, 0.1) is 11.5 Å². The number of hydrogen-bond donors (Lipinski definition) is 1. The van der Waals surface area contributed by atoms with Crippen molar-refractivity contribution < 1.29 is 23.9 Å². The number of likely N-dealkylation sites (tertiary alicyclic amines) is 1. The topological polar surface area (TPSA) is 84.9 Å². The summed E-state index contributed by atoms with van der Waals surface area (Å²) in [6.45, 7) is 4.09. The van der Waals surface area contributed by atoms with E-state index in [0.717, 1.165) is 11.3 Å². The van der Waals surface area contributed by atoms with Crippen molar-refractivity contribution >= 4 is 35.0 Å². The monoisotopic (exact) mass is 468 g/mol. The van der Waals surface area contributed by atoms with Crippen LogP contribution in [-0.2, 0) is 9.59 Å². The fourth-order valence-corrected chi connectivity index (χ4v) is 4.70. The molecule has 0 bridgehead atoms. The van der Waals surface area contributed by atoms with Gasteiger partial charge in [0.2, 0.25) is 11.8 Å². The quantitative estimate of drug-likeness (QED) is 0.626. The van der Waals surface area contributed by atoms with Gasteiger partial charge in [-0.15, -0.1) is 11.8 Å². The van der Waals surface area contributed by atoms with E-state index in [1.807, 2.05) is 31.2 Å². The van der Waals surface area contributed by atoms with Crippen molar-refractivity contribution in [1.29, 1.82) is 0 Å². The highest BCUT2D eigenvalue weighted by molar-refractivity contribution is 8.00. The molecule has 33 heavy (non-hydrogen) atoms. The van der Waals surface area contributed by atoms with Gasteiger partial charge < -0.3 is 19.7 Å². The van der Waals surface area contributed by atoms with E-state index in [2.05, 4.69) is 5.32 Å². The molecule has 0 radical (unpaired) electrons. The third-order valence-corrected chi connectivity index (χ3v) is 6.76. The smallest absolute Gasteiger partial charge is 0.234 e. The number of nitrogens with zero attached hydrogens (tertiary/aromatic N) is 1. The fourth-order valence-electron chi connectivity index (χ4n) is 3.98. The van der Waals surface area contributed by atoms with E-state index in [-0.39, 0.29) is 35.0 Å². The van der Waals surface area contributed by atoms with E-state index in [9.17, 15) is 14.4 Å². The number of hydrogen-bond acceptors (Lipinski definition) is 6. The lowest BCUT2D eigenvalue weighted by atomic mass is 9.88. The van der Waals surface area contributed by atoms with Gasteiger partial charge in [-0.3, -0.25) is 14.4 Å². The Morgan fingerprint density at radius 2 is 1.67 bits per heavy atom. The lowest BCUT2D eigenvalue weighted by Gasteiger charge is -2.31.